The average molecular weight is 386 g/mol. The maximum absolute atomic E-state index is 12.1. The van der Waals surface area contributed by atoms with E-state index in [4.69, 9.17) is 5.73 Å². The summed E-state index contributed by atoms with van der Waals surface area (Å²) in [5.74, 6) is -0.523. The van der Waals surface area contributed by atoms with Crippen LogP contribution < -0.4 is 11.1 Å². The van der Waals surface area contributed by atoms with Crippen LogP contribution in [0.1, 0.15) is 41.8 Å². The van der Waals surface area contributed by atoms with Gasteiger partial charge in [-0.25, -0.2) is 4.98 Å². The van der Waals surface area contributed by atoms with E-state index >= 15 is 0 Å². The summed E-state index contributed by atoms with van der Waals surface area (Å²) in [5, 5.41) is 22.7. The summed E-state index contributed by atoms with van der Waals surface area (Å²) in [6.07, 6.45) is 6.67. The van der Waals surface area contributed by atoms with Crippen molar-refractivity contribution in [2.45, 2.75) is 39.3 Å². The van der Waals surface area contributed by atoms with Gasteiger partial charge in [-0.3, -0.25) is 4.79 Å². The average Bonchev–Trinajstić information content (AvgIpc) is 3.21. The van der Waals surface area contributed by atoms with Crippen LogP contribution in [-0.4, -0.2) is 21.5 Å². The summed E-state index contributed by atoms with van der Waals surface area (Å²) in [6.45, 7) is 4.43. The highest BCUT2D eigenvalue weighted by atomic mass is 16.1. The van der Waals surface area contributed by atoms with Crippen molar-refractivity contribution in [1.29, 1.82) is 10.5 Å². The van der Waals surface area contributed by atoms with E-state index in [2.05, 4.69) is 22.4 Å². The number of carbonyl (C=O) groups is 1. The van der Waals surface area contributed by atoms with Gasteiger partial charge < -0.3 is 15.6 Å². The van der Waals surface area contributed by atoms with Gasteiger partial charge in [0.05, 0.1) is 29.6 Å². The number of primary amides is 1. The van der Waals surface area contributed by atoms with Gasteiger partial charge in [-0.15, -0.1) is 0 Å². The van der Waals surface area contributed by atoms with E-state index < -0.39 is 5.91 Å². The van der Waals surface area contributed by atoms with Crippen LogP contribution in [0.5, 0.6) is 0 Å². The van der Waals surface area contributed by atoms with Crippen LogP contribution in [0, 0.1) is 22.7 Å². The molecule has 1 unspecified atom stereocenters. The molecule has 1 aromatic carbocycles. The molecule has 0 saturated carbocycles. The molecule has 7 nitrogen and oxygen atoms in total. The van der Waals surface area contributed by atoms with Crippen molar-refractivity contribution in [3.8, 4) is 12.1 Å². The van der Waals surface area contributed by atoms with Gasteiger partial charge in [0.25, 0.3) is 0 Å². The smallest absolute Gasteiger partial charge is 0.248 e. The van der Waals surface area contributed by atoms with Gasteiger partial charge in [0.2, 0.25) is 5.91 Å². The van der Waals surface area contributed by atoms with Crippen LogP contribution in [0.25, 0.3) is 5.57 Å². The predicted molar refractivity (Wildman–Crippen MR) is 109 cm³/mol. The zero-order valence-corrected chi connectivity index (χ0v) is 16.4. The summed E-state index contributed by atoms with van der Waals surface area (Å²) in [7, 11) is 0. The lowest BCUT2D eigenvalue weighted by Gasteiger charge is -2.27. The van der Waals surface area contributed by atoms with Crippen molar-refractivity contribution in [1.82, 2.24) is 14.9 Å². The third kappa shape index (κ3) is 3.90. The highest BCUT2D eigenvalue weighted by molar-refractivity contribution is 5.98. The Kier molecular flexibility index (Phi) is 5.80. The second-order valence-corrected chi connectivity index (χ2v) is 6.98. The monoisotopic (exact) mass is 386 g/mol. The largest absolute Gasteiger partial charge is 0.380 e. The maximum atomic E-state index is 12.1. The van der Waals surface area contributed by atoms with Gasteiger partial charge in [-0.2, -0.15) is 10.5 Å². The first-order valence-corrected chi connectivity index (χ1v) is 9.37. The third-order valence-corrected chi connectivity index (χ3v) is 5.11. The Hall–Kier alpha value is -3.84. The van der Waals surface area contributed by atoms with E-state index in [1.54, 1.807) is 24.7 Å². The number of benzene rings is 1. The summed E-state index contributed by atoms with van der Waals surface area (Å²) in [6, 6.07) is 9.52. The van der Waals surface area contributed by atoms with Crippen LogP contribution in [0.4, 0.5) is 0 Å². The van der Waals surface area contributed by atoms with Gasteiger partial charge in [-0.05, 0) is 43.9 Å². The molecule has 1 aliphatic heterocycles. The fourth-order valence-electron chi connectivity index (χ4n) is 3.76. The molecule has 0 aliphatic carbocycles. The maximum Gasteiger partial charge on any atom is 0.248 e. The Morgan fingerprint density at radius 2 is 2.14 bits per heavy atom. The molecule has 0 bridgehead atoms. The Morgan fingerprint density at radius 3 is 2.76 bits per heavy atom. The third-order valence-electron chi connectivity index (χ3n) is 5.11. The van der Waals surface area contributed by atoms with Crippen LogP contribution in [0.15, 0.2) is 53.8 Å². The fourth-order valence-corrected chi connectivity index (χ4v) is 3.76. The second kappa shape index (κ2) is 8.45. The molecule has 3 rings (SSSR count). The Morgan fingerprint density at radius 1 is 1.34 bits per heavy atom. The first kappa shape index (κ1) is 19.9. The van der Waals surface area contributed by atoms with E-state index in [0.717, 1.165) is 18.5 Å². The van der Waals surface area contributed by atoms with Gasteiger partial charge in [0, 0.05) is 35.8 Å². The summed E-state index contributed by atoms with van der Waals surface area (Å²) < 4.78 is 1.96. The van der Waals surface area contributed by atoms with Gasteiger partial charge in [0.15, 0.2) is 0 Å². The molecule has 146 valence electrons. The number of nitrogens with two attached hydrogens (primary N) is 1. The molecule has 0 radical (unpaired) electrons. The number of aromatic nitrogens is 2. The molecule has 1 aliphatic rings. The Bertz CT molecular complexity index is 1080. The topological polar surface area (TPSA) is 121 Å². The summed E-state index contributed by atoms with van der Waals surface area (Å²) in [5.41, 5.74) is 9.72. The number of allylic oxidation sites excluding steroid dienone is 3. The molecule has 1 aromatic heterocycles. The number of nitriles is 2. The second-order valence-electron chi connectivity index (χ2n) is 6.98. The van der Waals surface area contributed by atoms with Crippen molar-refractivity contribution in [2.24, 2.45) is 5.73 Å². The molecule has 2 aromatic rings. The molecule has 3 N–H and O–H groups in total. The minimum absolute atomic E-state index is 0.233. The molecule has 1 atom stereocenters. The number of dihydropyridines is 1. The molecule has 29 heavy (non-hydrogen) atoms. The van der Waals surface area contributed by atoms with E-state index in [0.29, 0.717) is 40.0 Å². The molecule has 0 spiro atoms. The number of nitrogens with zero attached hydrogens (tertiary/aromatic N) is 4. The molecule has 0 saturated heterocycles. The lowest BCUT2D eigenvalue weighted by Crippen LogP contribution is -2.31. The number of rotatable bonds is 6. The highest BCUT2D eigenvalue weighted by Crippen LogP contribution is 2.36. The molecule has 1 amide bonds. The van der Waals surface area contributed by atoms with Crippen LogP contribution >= 0.6 is 0 Å². The van der Waals surface area contributed by atoms with Crippen molar-refractivity contribution >= 4 is 11.5 Å². The number of carbonyl (C=O) groups excluding carboxylic acids is 1. The van der Waals surface area contributed by atoms with E-state index in [9.17, 15) is 15.3 Å². The van der Waals surface area contributed by atoms with Crippen molar-refractivity contribution in [3.63, 3.8) is 0 Å². The summed E-state index contributed by atoms with van der Waals surface area (Å²) in [4.78, 5) is 16.2. The number of aryl methyl sites for hydroxylation is 1. The SMILES string of the molecule is CC1=C(C#N)C(c2cccc(C(N)=O)c2CCCn2ccnc2)=C(C#N)C(C)N1. The number of amides is 1. The summed E-state index contributed by atoms with van der Waals surface area (Å²) >= 11 is 0. The standard InChI is InChI=1S/C22H22N6O/c1-14-19(11-23)21(20(12-24)15(2)27-14)17-5-3-6-18(22(25)29)16(17)7-4-9-28-10-8-26-13-28/h3,5-6,8,10,13-14,27H,4,7,9H2,1-2H3,(H2,25,29). The highest BCUT2D eigenvalue weighted by Gasteiger charge is 2.28. The quantitative estimate of drug-likeness (QED) is 0.791. The first-order valence-electron chi connectivity index (χ1n) is 9.37. The van der Waals surface area contributed by atoms with E-state index in [1.807, 2.05) is 30.7 Å². The van der Waals surface area contributed by atoms with Crippen LogP contribution in [0.2, 0.25) is 0 Å². The zero-order valence-electron chi connectivity index (χ0n) is 16.4. The van der Waals surface area contributed by atoms with Crippen LogP contribution in [0.3, 0.4) is 0 Å². The zero-order chi connectivity index (χ0) is 21.0. The number of nitrogens with one attached hydrogen (secondary N) is 1. The molecular formula is C22H22N6O. The Labute approximate surface area is 169 Å². The number of imidazole rings is 1. The predicted octanol–water partition coefficient (Wildman–Crippen LogP) is 2.68. The first-order chi connectivity index (χ1) is 14.0. The molecule has 2 heterocycles. The minimum atomic E-state index is -0.523. The van der Waals surface area contributed by atoms with Crippen molar-refractivity contribution in [3.05, 3.63) is 70.5 Å². The lowest BCUT2D eigenvalue weighted by molar-refractivity contribution is 0.0999. The Balaban J connectivity index is 2.13. The van der Waals surface area contributed by atoms with Gasteiger partial charge in [-0.1, -0.05) is 12.1 Å². The van der Waals surface area contributed by atoms with Crippen molar-refractivity contribution < 1.29 is 4.79 Å². The van der Waals surface area contributed by atoms with E-state index in [1.165, 1.54) is 0 Å². The van der Waals surface area contributed by atoms with E-state index in [-0.39, 0.29) is 6.04 Å². The molecule has 0 fully saturated rings. The van der Waals surface area contributed by atoms with Crippen LogP contribution in [-0.2, 0) is 13.0 Å². The molecule has 7 heteroatoms. The van der Waals surface area contributed by atoms with Gasteiger partial charge in [0.1, 0.15) is 6.07 Å². The minimum Gasteiger partial charge on any atom is -0.380 e. The van der Waals surface area contributed by atoms with Gasteiger partial charge >= 0.3 is 0 Å². The molecular weight excluding hydrogens is 364 g/mol. The fraction of sp³-hybridized carbons (Fsp3) is 0.273. The number of hydrogen-bond donors (Lipinski definition) is 2. The van der Waals surface area contributed by atoms with Crippen molar-refractivity contribution in [2.75, 3.05) is 0 Å². The number of hydrogen-bond acceptors (Lipinski definition) is 5. The lowest BCUT2D eigenvalue weighted by atomic mass is 9.82. The normalized spacial score (nSPS) is 16.2.